The molecule has 0 spiro atoms. The lowest BCUT2D eigenvalue weighted by Gasteiger charge is -1.99. The summed E-state index contributed by atoms with van der Waals surface area (Å²) in [5, 5.41) is 4.13. The van der Waals surface area contributed by atoms with E-state index in [-0.39, 0.29) is 5.91 Å². The van der Waals surface area contributed by atoms with Crippen molar-refractivity contribution in [2.45, 2.75) is 32.7 Å². The maximum absolute atomic E-state index is 10.4. The lowest BCUT2D eigenvalue weighted by Crippen LogP contribution is -2.10. The molecule has 4 heteroatoms. The van der Waals surface area contributed by atoms with Gasteiger partial charge in [0.2, 0.25) is 5.91 Å². The van der Waals surface area contributed by atoms with Crippen molar-refractivity contribution in [1.82, 2.24) is 9.78 Å². The fourth-order valence-corrected chi connectivity index (χ4v) is 1.16. The number of carbonyl (C=O) groups is 1. The van der Waals surface area contributed by atoms with Crippen LogP contribution in [0.1, 0.15) is 24.8 Å². The van der Waals surface area contributed by atoms with Crippen LogP contribution in [0.3, 0.4) is 0 Å². The molecule has 1 aromatic heterocycles. The number of carbonyl (C=O) groups excluding carboxylic acids is 1. The second-order valence-electron chi connectivity index (χ2n) is 3.20. The van der Waals surface area contributed by atoms with Gasteiger partial charge in [0.05, 0.1) is 6.20 Å². The van der Waals surface area contributed by atoms with E-state index in [9.17, 15) is 4.79 Å². The molecule has 0 aliphatic carbocycles. The normalized spacial score (nSPS) is 10.2. The zero-order chi connectivity index (χ0) is 9.68. The zero-order valence-corrected chi connectivity index (χ0v) is 7.86. The van der Waals surface area contributed by atoms with E-state index in [4.69, 9.17) is 5.73 Å². The van der Waals surface area contributed by atoms with E-state index in [1.807, 2.05) is 24.0 Å². The summed E-state index contributed by atoms with van der Waals surface area (Å²) >= 11 is 0. The Hall–Kier alpha value is -1.32. The van der Waals surface area contributed by atoms with Gasteiger partial charge in [0.1, 0.15) is 0 Å². The first kappa shape index (κ1) is 9.77. The molecule has 0 unspecified atom stereocenters. The van der Waals surface area contributed by atoms with Crippen molar-refractivity contribution in [2.24, 2.45) is 5.73 Å². The number of rotatable bonds is 5. The Kier molecular flexibility index (Phi) is 3.49. The Morgan fingerprint density at radius 2 is 2.38 bits per heavy atom. The second kappa shape index (κ2) is 4.64. The number of aromatic nitrogens is 2. The highest BCUT2D eigenvalue weighted by atomic mass is 16.1. The fourth-order valence-electron chi connectivity index (χ4n) is 1.16. The zero-order valence-electron chi connectivity index (χ0n) is 7.86. The summed E-state index contributed by atoms with van der Waals surface area (Å²) in [5.41, 5.74) is 6.18. The highest BCUT2D eigenvalue weighted by Crippen LogP contribution is 2.00. The third kappa shape index (κ3) is 3.73. The number of primary amides is 1. The quantitative estimate of drug-likeness (QED) is 0.684. The lowest BCUT2D eigenvalue weighted by molar-refractivity contribution is -0.118. The monoisotopic (exact) mass is 181 g/mol. The molecule has 0 aliphatic heterocycles. The van der Waals surface area contributed by atoms with Crippen molar-refractivity contribution in [3.05, 3.63) is 18.0 Å². The third-order valence-electron chi connectivity index (χ3n) is 1.82. The van der Waals surface area contributed by atoms with Crippen molar-refractivity contribution < 1.29 is 4.79 Å². The Morgan fingerprint density at radius 1 is 1.62 bits per heavy atom. The Labute approximate surface area is 77.7 Å². The molecule has 1 amide bonds. The SMILES string of the molecule is Cc1cnn(CCCCC(N)=O)c1. The van der Waals surface area contributed by atoms with E-state index in [1.165, 1.54) is 0 Å². The molecular formula is C9H15N3O. The molecule has 0 aliphatic rings. The molecule has 0 radical (unpaired) electrons. The molecule has 0 saturated heterocycles. The van der Waals surface area contributed by atoms with Crippen LogP contribution in [0.2, 0.25) is 0 Å². The summed E-state index contributed by atoms with van der Waals surface area (Å²) in [5.74, 6) is -0.225. The number of hydrogen-bond acceptors (Lipinski definition) is 2. The van der Waals surface area contributed by atoms with Gasteiger partial charge in [0.25, 0.3) is 0 Å². The van der Waals surface area contributed by atoms with Crippen LogP contribution < -0.4 is 5.73 Å². The number of unbranched alkanes of at least 4 members (excludes halogenated alkanes) is 1. The van der Waals surface area contributed by atoms with E-state index in [1.54, 1.807) is 0 Å². The fraction of sp³-hybridized carbons (Fsp3) is 0.556. The molecule has 0 bridgehead atoms. The van der Waals surface area contributed by atoms with Crippen LogP contribution >= 0.6 is 0 Å². The molecular weight excluding hydrogens is 166 g/mol. The van der Waals surface area contributed by atoms with Gasteiger partial charge in [-0.2, -0.15) is 5.10 Å². The van der Waals surface area contributed by atoms with Gasteiger partial charge >= 0.3 is 0 Å². The summed E-state index contributed by atoms with van der Waals surface area (Å²) in [6.45, 7) is 2.87. The van der Waals surface area contributed by atoms with Crippen molar-refractivity contribution >= 4 is 5.91 Å². The van der Waals surface area contributed by atoms with Crippen LogP contribution in [0.25, 0.3) is 0 Å². The van der Waals surface area contributed by atoms with Crippen LogP contribution in [-0.4, -0.2) is 15.7 Å². The molecule has 0 saturated carbocycles. The third-order valence-corrected chi connectivity index (χ3v) is 1.82. The summed E-state index contributed by atoms with van der Waals surface area (Å²) in [6, 6.07) is 0. The van der Waals surface area contributed by atoms with Gasteiger partial charge in [0, 0.05) is 19.2 Å². The van der Waals surface area contributed by atoms with Gasteiger partial charge in [-0.05, 0) is 25.3 Å². The largest absolute Gasteiger partial charge is 0.370 e. The lowest BCUT2D eigenvalue weighted by atomic mass is 10.2. The Balaban J connectivity index is 2.16. The molecule has 1 heterocycles. The molecule has 4 nitrogen and oxygen atoms in total. The maximum Gasteiger partial charge on any atom is 0.217 e. The number of amides is 1. The summed E-state index contributed by atoms with van der Waals surface area (Å²) in [7, 11) is 0. The van der Waals surface area contributed by atoms with Crippen LogP contribution in [0, 0.1) is 6.92 Å². The van der Waals surface area contributed by atoms with E-state index >= 15 is 0 Å². The molecule has 72 valence electrons. The van der Waals surface area contributed by atoms with Crippen LogP contribution in [-0.2, 0) is 11.3 Å². The van der Waals surface area contributed by atoms with Gasteiger partial charge in [-0.25, -0.2) is 0 Å². The standard InChI is InChI=1S/C9H15N3O/c1-8-6-11-12(7-8)5-3-2-4-9(10)13/h6-7H,2-5H2,1H3,(H2,10,13). The maximum atomic E-state index is 10.4. The van der Waals surface area contributed by atoms with Gasteiger partial charge in [-0.3, -0.25) is 9.48 Å². The molecule has 2 N–H and O–H groups in total. The van der Waals surface area contributed by atoms with E-state index in [0.717, 1.165) is 24.9 Å². The molecule has 1 rings (SSSR count). The van der Waals surface area contributed by atoms with Gasteiger partial charge in [-0.1, -0.05) is 0 Å². The molecule has 13 heavy (non-hydrogen) atoms. The minimum Gasteiger partial charge on any atom is -0.370 e. The molecule has 0 atom stereocenters. The first-order valence-electron chi connectivity index (χ1n) is 4.46. The summed E-state index contributed by atoms with van der Waals surface area (Å²) < 4.78 is 1.89. The van der Waals surface area contributed by atoms with Crippen LogP contribution in [0.5, 0.6) is 0 Å². The first-order chi connectivity index (χ1) is 6.18. The topological polar surface area (TPSA) is 60.9 Å². The summed E-state index contributed by atoms with van der Waals surface area (Å²) in [6.07, 6.45) is 6.08. The van der Waals surface area contributed by atoms with Crippen LogP contribution in [0.4, 0.5) is 0 Å². The van der Waals surface area contributed by atoms with Gasteiger partial charge in [-0.15, -0.1) is 0 Å². The first-order valence-corrected chi connectivity index (χ1v) is 4.46. The molecule has 0 fully saturated rings. The van der Waals surface area contributed by atoms with Gasteiger partial charge in [0.15, 0.2) is 0 Å². The minimum atomic E-state index is -0.225. The average Bonchev–Trinajstić information content (AvgIpc) is 2.45. The van der Waals surface area contributed by atoms with Crippen molar-refractivity contribution in [3.8, 4) is 0 Å². The highest BCUT2D eigenvalue weighted by Gasteiger charge is 1.96. The van der Waals surface area contributed by atoms with Crippen molar-refractivity contribution in [3.63, 3.8) is 0 Å². The molecule has 1 aromatic rings. The predicted octanol–water partition coefficient (Wildman–Crippen LogP) is 0.847. The highest BCUT2D eigenvalue weighted by molar-refractivity contribution is 5.73. The predicted molar refractivity (Wildman–Crippen MR) is 50.0 cm³/mol. The Bertz CT molecular complexity index is 280. The van der Waals surface area contributed by atoms with Gasteiger partial charge < -0.3 is 5.73 Å². The average molecular weight is 181 g/mol. The number of hydrogen-bond donors (Lipinski definition) is 1. The van der Waals surface area contributed by atoms with Crippen molar-refractivity contribution in [2.75, 3.05) is 0 Å². The van der Waals surface area contributed by atoms with E-state index in [2.05, 4.69) is 5.10 Å². The smallest absolute Gasteiger partial charge is 0.217 e. The minimum absolute atomic E-state index is 0.225. The summed E-state index contributed by atoms with van der Waals surface area (Å²) in [4.78, 5) is 10.4. The Morgan fingerprint density at radius 3 is 2.92 bits per heavy atom. The van der Waals surface area contributed by atoms with Crippen molar-refractivity contribution in [1.29, 1.82) is 0 Å². The van der Waals surface area contributed by atoms with E-state index < -0.39 is 0 Å². The second-order valence-corrected chi connectivity index (χ2v) is 3.20. The van der Waals surface area contributed by atoms with E-state index in [0.29, 0.717) is 6.42 Å². The van der Waals surface area contributed by atoms with Crippen LogP contribution in [0.15, 0.2) is 12.4 Å². The number of nitrogens with zero attached hydrogens (tertiary/aromatic N) is 2. The molecule has 0 aromatic carbocycles. The number of aryl methyl sites for hydroxylation is 2. The number of nitrogens with two attached hydrogens (primary N) is 1.